The number of nitrogens with one attached hydrogen (secondary N) is 1. The Morgan fingerprint density at radius 2 is 2.17 bits per heavy atom. The second kappa shape index (κ2) is 4.80. The van der Waals surface area contributed by atoms with Crippen molar-refractivity contribution in [2.75, 3.05) is 19.7 Å². The molecule has 0 aliphatic carbocycles. The van der Waals surface area contributed by atoms with Gasteiger partial charge in [0, 0.05) is 13.1 Å². The molecule has 0 amide bonds. The number of ether oxygens (including phenoxy) is 2. The van der Waals surface area contributed by atoms with Crippen LogP contribution in [0.4, 0.5) is 0 Å². The van der Waals surface area contributed by atoms with Crippen molar-refractivity contribution < 1.29 is 9.47 Å². The van der Waals surface area contributed by atoms with Crippen LogP contribution in [0.2, 0.25) is 0 Å². The molecule has 3 nitrogen and oxygen atoms in total. The molecule has 3 heteroatoms. The van der Waals surface area contributed by atoms with E-state index in [4.69, 9.17) is 9.47 Å². The van der Waals surface area contributed by atoms with Gasteiger partial charge in [-0.3, -0.25) is 0 Å². The van der Waals surface area contributed by atoms with E-state index in [0.29, 0.717) is 0 Å². The number of hydrogen-bond donors (Lipinski definition) is 1. The van der Waals surface area contributed by atoms with Gasteiger partial charge in [0.1, 0.15) is 0 Å². The molecule has 0 aromatic carbocycles. The summed E-state index contributed by atoms with van der Waals surface area (Å²) in [5.74, 6) is 0. The Labute approximate surface area is 74.4 Å². The van der Waals surface area contributed by atoms with Crippen molar-refractivity contribution in [3.8, 4) is 0 Å². The third-order valence-corrected chi connectivity index (χ3v) is 1.97. The largest absolute Gasteiger partial charge is 0.373 e. The van der Waals surface area contributed by atoms with Crippen molar-refractivity contribution in [2.45, 2.75) is 39.1 Å². The minimum Gasteiger partial charge on any atom is -0.373 e. The van der Waals surface area contributed by atoms with Gasteiger partial charge in [0.25, 0.3) is 0 Å². The Morgan fingerprint density at radius 3 is 2.67 bits per heavy atom. The van der Waals surface area contributed by atoms with Crippen LogP contribution in [-0.2, 0) is 9.47 Å². The summed E-state index contributed by atoms with van der Waals surface area (Å²) in [5, 5.41) is 3.28. The van der Waals surface area contributed by atoms with Crippen LogP contribution in [0.5, 0.6) is 0 Å². The van der Waals surface area contributed by atoms with E-state index in [1.807, 2.05) is 13.8 Å². The molecule has 2 atom stereocenters. The summed E-state index contributed by atoms with van der Waals surface area (Å²) in [6, 6.07) is 0. The topological polar surface area (TPSA) is 30.5 Å². The molecule has 1 saturated heterocycles. The van der Waals surface area contributed by atoms with Crippen LogP contribution in [0.1, 0.15) is 20.8 Å². The fourth-order valence-electron chi connectivity index (χ4n) is 1.40. The van der Waals surface area contributed by atoms with Crippen molar-refractivity contribution >= 4 is 0 Å². The molecule has 1 N–H and O–H groups in total. The summed E-state index contributed by atoms with van der Waals surface area (Å²) in [5.41, 5.74) is 0. The van der Waals surface area contributed by atoms with E-state index in [0.717, 1.165) is 19.7 Å². The van der Waals surface area contributed by atoms with E-state index in [1.54, 1.807) is 0 Å². The fraction of sp³-hybridized carbons (Fsp3) is 1.00. The highest BCUT2D eigenvalue weighted by molar-refractivity contribution is 4.73. The molecule has 0 bridgehead atoms. The molecule has 0 radical (unpaired) electrons. The van der Waals surface area contributed by atoms with Gasteiger partial charge in [-0.05, 0) is 20.8 Å². The average molecular weight is 173 g/mol. The number of morpholine rings is 1. The maximum Gasteiger partial charge on any atom is 0.0958 e. The average Bonchev–Trinajstić information content (AvgIpc) is 2.05. The van der Waals surface area contributed by atoms with Crippen molar-refractivity contribution in [1.29, 1.82) is 0 Å². The summed E-state index contributed by atoms with van der Waals surface area (Å²) in [7, 11) is 0. The standard InChI is InChI=1S/C9H19NO2/c1-7(2)12-8(3)9-6-10-4-5-11-9/h7-10H,4-6H2,1-3H3/t8-,9+/m1/s1. The van der Waals surface area contributed by atoms with E-state index in [9.17, 15) is 0 Å². The van der Waals surface area contributed by atoms with Gasteiger partial charge in [-0.2, -0.15) is 0 Å². The van der Waals surface area contributed by atoms with E-state index < -0.39 is 0 Å². The minimum absolute atomic E-state index is 0.192. The Balaban J connectivity index is 2.24. The van der Waals surface area contributed by atoms with Gasteiger partial charge >= 0.3 is 0 Å². The highest BCUT2D eigenvalue weighted by Crippen LogP contribution is 2.07. The first-order valence-corrected chi connectivity index (χ1v) is 4.68. The molecular formula is C9H19NO2. The first kappa shape index (κ1) is 9.96. The SMILES string of the molecule is CC(C)O[C@H](C)[C@@H]1CNCCO1. The Bertz CT molecular complexity index is 122. The van der Waals surface area contributed by atoms with Gasteiger partial charge in [0.2, 0.25) is 0 Å². The highest BCUT2D eigenvalue weighted by atomic mass is 16.5. The van der Waals surface area contributed by atoms with Crippen molar-refractivity contribution in [3.63, 3.8) is 0 Å². The maximum absolute atomic E-state index is 5.62. The highest BCUT2D eigenvalue weighted by Gasteiger charge is 2.21. The van der Waals surface area contributed by atoms with Crippen LogP contribution in [0.25, 0.3) is 0 Å². The number of hydrogen-bond acceptors (Lipinski definition) is 3. The summed E-state index contributed by atoms with van der Waals surface area (Å²) in [6.45, 7) is 8.84. The Hall–Kier alpha value is -0.120. The number of rotatable bonds is 3. The van der Waals surface area contributed by atoms with Crippen molar-refractivity contribution in [3.05, 3.63) is 0 Å². The van der Waals surface area contributed by atoms with Crippen LogP contribution < -0.4 is 5.32 Å². The lowest BCUT2D eigenvalue weighted by atomic mass is 10.2. The predicted molar refractivity (Wildman–Crippen MR) is 48.3 cm³/mol. The van der Waals surface area contributed by atoms with Crippen LogP contribution in [-0.4, -0.2) is 38.0 Å². The first-order chi connectivity index (χ1) is 5.70. The van der Waals surface area contributed by atoms with E-state index in [2.05, 4.69) is 12.2 Å². The van der Waals surface area contributed by atoms with Gasteiger partial charge in [0.15, 0.2) is 0 Å². The molecule has 72 valence electrons. The molecule has 0 aromatic heterocycles. The molecule has 12 heavy (non-hydrogen) atoms. The molecule has 1 aliphatic rings. The lowest BCUT2D eigenvalue weighted by molar-refractivity contribution is -0.0938. The van der Waals surface area contributed by atoms with Crippen LogP contribution >= 0.6 is 0 Å². The van der Waals surface area contributed by atoms with Crippen LogP contribution in [0.15, 0.2) is 0 Å². The van der Waals surface area contributed by atoms with Crippen molar-refractivity contribution in [1.82, 2.24) is 5.32 Å². The van der Waals surface area contributed by atoms with Gasteiger partial charge in [-0.15, -0.1) is 0 Å². The summed E-state index contributed by atoms with van der Waals surface area (Å²) >= 11 is 0. The molecular weight excluding hydrogens is 154 g/mol. The first-order valence-electron chi connectivity index (χ1n) is 4.68. The molecule has 1 aliphatic heterocycles. The van der Waals surface area contributed by atoms with Crippen LogP contribution in [0.3, 0.4) is 0 Å². The van der Waals surface area contributed by atoms with E-state index in [1.165, 1.54) is 0 Å². The predicted octanol–water partition coefficient (Wildman–Crippen LogP) is 0.788. The molecule has 1 rings (SSSR count). The zero-order chi connectivity index (χ0) is 8.97. The van der Waals surface area contributed by atoms with Gasteiger partial charge in [-0.25, -0.2) is 0 Å². The zero-order valence-electron chi connectivity index (χ0n) is 8.17. The van der Waals surface area contributed by atoms with Gasteiger partial charge < -0.3 is 14.8 Å². The normalized spacial score (nSPS) is 27.5. The Kier molecular flexibility index (Phi) is 3.98. The fourth-order valence-corrected chi connectivity index (χ4v) is 1.40. The molecule has 0 aromatic rings. The summed E-state index contributed by atoms with van der Waals surface area (Å²) < 4.78 is 11.2. The van der Waals surface area contributed by atoms with Gasteiger partial charge in [0.05, 0.1) is 24.9 Å². The van der Waals surface area contributed by atoms with E-state index >= 15 is 0 Å². The molecule has 0 saturated carbocycles. The Morgan fingerprint density at radius 1 is 1.42 bits per heavy atom. The third-order valence-electron chi connectivity index (χ3n) is 1.97. The summed E-state index contributed by atoms with van der Waals surface area (Å²) in [6.07, 6.45) is 0.699. The maximum atomic E-state index is 5.62. The minimum atomic E-state index is 0.192. The second-order valence-electron chi connectivity index (χ2n) is 3.50. The zero-order valence-corrected chi connectivity index (χ0v) is 8.17. The molecule has 0 unspecified atom stereocenters. The van der Waals surface area contributed by atoms with Gasteiger partial charge in [-0.1, -0.05) is 0 Å². The molecule has 1 fully saturated rings. The van der Waals surface area contributed by atoms with Crippen LogP contribution in [0, 0.1) is 0 Å². The second-order valence-corrected chi connectivity index (χ2v) is 3.50. The quantitative estimate of drug-likeness (QED) is 0.684. The molecule has 0 spiro atoms. The molecule has 1 heterocycles. The lowest BCUT2D eigenvalue weighted by Crippen LogP contribution is -2.45. The lowest BCUT2D eigenvalue weighted by Gasteiger charge is -2.29. The summed E-state index contributed by atoms with van der Waals surface area (Å²) in [4.78, 5) is 0. The van der Waals surface area contributed by atoms with E-state index in [-0.39, 0.29) is 18.3 Å². The van der Waals surface area contributed by atoms with Crippen molar-refractivity contribution in [2.24, 2.45) is 0 Å². The monoisotopic (exact) mass is 173 g/mol. The smallest absolute Gasteiger partial charge is 0.0958 e. The third kappa shape index (κ3) is 3.09.